The molecule has 4 aromatic rings. The Morgan fingerprint density at radius 3 is 2.55 bits per heavy atom. The van der Waals surface area contributed by atoms with Crippen LogP contribution in [0.2, 0.25) is 0 Å². The molecule has 0 spiro atoms. The molecule has 1 amide bonds. The van der Waals surface area contributed by atoms with Gasteiger partial charge >= 0.3 is 0 Å². The van der Waals surface area contributed by atoms with Crippen molar-refractivity contribution >= 4 is 40.3 Å². The number of benzene rings is 3. The lowest BCUT2D eigenvalue weighted by atomic mass is 9.94. The average molecular weight is 457 g/mol. The Bertz CT molecular complexity index is 1370. The highest BCUT2D eigenvalue weighted by Crippen LogP contribution is 2.40. The SMILES string of the molecule is COc1ccccc1NC(=O)C1=C(C)Nc2nc3ccccc3n2[C@@H]1c1ccc(SC)cc1. The fourth-order valence-corrected chi connectivity index (χ4v) is 4.71. The molecule has 1 aliphatic heterocycles. The summed E-state index contributed by atoms with van der Waals surface area (Å²) in [5.74, 6) is 1.15. The first kappa shape index (κ1) is 21.2. The maximum Gasteiger partial charge on any atom is 0.255 e. The van der Waals surface area contributed by atoms with E-state index in [0.717, 1.165) is 28.2 Å². The maximum absolute atomic E-state index is 13.7. The Morgan fingerprint density at radius 2 is 1.79 bits per heavy atom. The third kappa shape index (κ3) is 3.74. The number of anilines is 2. The minimum atomic E-state index is -0.334. The number of allylic oxidation sites excluding steroid dienone is 1. The topological polar surface area (TPSA) is 68.2 Å². The Labute approximate surface area is 196 Å². The number of fused-ring (bicyclic) bond motifs is 3. The second-order valence-electron chi connectivity index (χ2n) is 7.79. The number of amides is 1. The van der Waals surface area contributed by atoms with Crippen molar-refractivity contribution in [2.45, 2.75) is 17.9 Å². The summed E-state index contributed by atoms with van der Waals surface area (Å²) < 4.78 is 7.54. The van der Waals surface area contributed by atoms with Crippen molar-refractivity contribution < 1.29 is 9.53 Å². The lowest BCUT2D eigenvalue weighted by Gasteiger charge is -2.31. The van der Waals surface area contributed by atoms with Crippen LogP contribution in [0.3, 0.4) is 0 Å². The molecule has 1 aliphatic rings. The molecule has 166 valence electrons. The minimum Gasteiger partial charge on any atom is -0.495 e. The minimum absolute atomic E-state index is 0.188. The van der Waals surface area contributed by atoms with Gasteiger partial charge in [0, 0.05) is 10.6 Å². The zero-order chi connectivity index (χ0) is 22.9. The fraction of sp³-hybridized carbons (Fsp3) is 0.154. The number of carbonyl (C=O) groups excluding carboxylic acids is 1. The molecule has 0 aliphatic carbocycles. The highest BCUT2D eigenvalue weighted by molar-refractivity contribution is 7.98. The molecular formula is C26H24N4O2S. The predicted octanol–water partition coefficient (Wildman–Crippen LogP) is 5.69. The quantitative estimate of drug-likeness (QED) is 0.377. The van der Waals surface area contributed by atoms with E-state index in [1.54, 1.807) is 18.9 Å². The molecule has 0 radical (unpaired) electrons. The lowest BCUT2D eigenvalue weighted by molar-refractivity contribution is -0.113. The molecule has 0 saturated carbocycles. The van der Waals surface area contributed by atoms with Crippen LogP contribution >= 0.6 is 11.8 Å². The summed E-state index contributed by atoms with van der Waals surface area (Å²) in [6.45, 7) is 1.92. The van der Waals surface area contributed by atoms with Crippen LogP contribution in [-0.4, -0.2) is 28.8 Å². The van der Waals surface area contributed by atoms with Crippen LogP contribution in [0.4, 0.5) is 11.6 Å². The standard InChI is InChI=1S/C26H24N4O2S/c1-16-23(25(31)28-20-9-5-7-11-22(20)32-2)24(17-12-14-18(33-3)15-13-17)30-21-10-6-4-8-19(21)29-26(30)27-16/h4-15,24H,1-3H3,(H,27,29)(H,28,31)/t24-/m1/s1. The summed E-state index contributed by atoms with van der Waals surface area (Å²) in [4.78, 5) is 19.7. The van der Waals surface area contributed by atoms with Crippen LogP contribution in [0.25, 0.3) is 11.0 Å². The van der Waals surface area contributed by atoms with E-state index in [1.165, 1.54) is 4.90 Å². The smallest absolute Gasteiger partial charge is 0.255 e. The first-order valence-corrected chi connectivity index (χ1v) is 11.9. The van der Waals surface area contributed by atoms with Gasteiger partial charge < -0.3 is 15.4 Å². The van der Waals surface area contributed by atoms with Gasteiger partial charge in [-0.2, -0.15) is 0 Å². The van der Waals surface area contributed by atoms with Gasteiger partial charge in [-0.3, -0.25) is 9.36 Å². The molecule has 2 N–H and O–H groups in total. The Morgan fingerprint density at radius 1 is 1.06 bits per heavy atom. The van der Waals surface area contributed by atoms with Gasteiger partial charge in [-0.15, -0.1) is 11.8 Å². The van der Waals surface area contributed by atoms with E-state index in [-0.39, 0.29) is 11.9 Å². The lowest BCUT2D eigenvalue weighted by Crippen LogP contribution is -2.31. The summed E-state index contributed by atoms with van der Waals surface area (Å²) in [6.07, 6.45) is 2.05. The van der Waals surface area contributed by atoms with E-state index in [9.17, 15) is 4.79 Å². The van der Waals surface area contributed by atoms with Gasteiger partial charge in [0.1, 0.15) is 5.75 Å². The monoisotopic (exact) mass is 456 g/mol. The Hall–Kier alpha value is -3.71. The number of thioether (sulfide) groups is 1. The molecular weight excluding hydrogens is 432 g/mol. The first-order chi connectivity index (χ1) is 16.1. The molecule has 0 fully saturated rings. The first-order valence-electron chi connectivity index (χ1n) is 10.6. The summed E-state index contributed by atoms with van der Waals surface area (Å²) in [6, 6.07) is 23.4. The van der Waals surface area contributed by atoms with Gasteiger partial charge in [0.25, 0.3) is 5.91 Å². The van der Waals surface area contributed by atoms with Crippen molar-refractivity contribution in [1.82, 2.24) is 9.55 Å². The Balaban J connectivity index is 1.65. The number of nitrogens with one attached hydrogen (secondary N) is 2. The molecule has 1 atom stereocenters. The van der Waals surface area contributed by atoms with Crippen LogP contribution < -0.4 is 15.4 Å². The van der Waals surface area contributed by atoms with Crippen molar-refractivity contribution in [3.05, 3.63) is 89.6 Å². The molecule has 0 bridgehead atoms. The van der Waals surface area contributed by atoms with Crippen LogP contribution in [0.1, 0.15) is 18.5 Å². The molecule has 0 unspecified atom stereocenters. The van der Waals surface area contributed by atoms with Crippen LogP contribution in [0.15, 0.2) is 89.0 Å². The Kier molecular flexibility index (Phi) is 5.56. The molecule has 5 rings (SSSR count). The largest absolute Gasteiger partial charge is 0.495 e. The summed E-state index contributed by atoms with van der Waals surface area (Å²) in [5, 5.41) is 6.41. The zero-order valence-electron chi connectivity index (χ0n) is 18.6. The van der Waals surface area contributed by atoms with Crippen molar-refractivity contribution in [2.75, 3.05) is 24.0 Å². The van der Waals surface area contributed by atoms with E-state index in [2.05, 4.69) is 45.7 Å². The number of methoxy groups -OCH3 is 1. The molecule has 3 aromatic carbocycles. The van der Waals surface area contributed by atoms with E-state index in [0.29, 0.717) is 17.0 Å². The summed E-state index contributed by atoms with van der Waals surface area (Å²) >= 11 is 1.69. The second kappa shape index (κ2) is 8.67. The highest BCUT2D eigenvalue weighted by Gasteiger charge is 2.34. The van der Waals surface area contributed by atoms with Gasteiger partial charge in [-0.1, -0.05) is 36.4 Å². The maximum atomic E-state index is 13.7. The molecule has 0 saturated heterocycles. The van der Waals surface area contributed by atoms with Crippen molar-refractivity contribution in [3.63, 3.8) is 0 Å². The molecule has 2 heterocycles. The number of nitrogens with zero attached hydrogens (tertiary/aromatic N) is 2. The van der Waals surface area contributed by atoms with E-state index in [1.807, 2.05) is 55.5 Å². The number of hydrogen-bond acceptors (Lipinski definition) is 5. The van der Waals surface area contributed by atoms with Crippen LogP contribution in [-0.2, 0) is 4.79 Å². The van der Waals surface area contributed by atoms with Crippen molar-refractivity contribution in [1.29, 1.82) is 0 Å². The highest BCUT2D eigenvalue weighted by atomic mass is 32.2. The fourth-order valence-electron chi connectivity index (χ4n) is 4.30. The van der Waals surface area contributed by atoms with Gasteiger partial charge in [-0.05, 0) is 55.1 Å². The third-order valence-electron chi connectivity index (χ3n) is 5.86. The second-order valence-corrected chi connectivity index (χ2v) is 8.67. The average Bonchev–Trinajstić information content (AvgIpc) is 3.21. The predicted molar refractivity (Wildman–Crippen MR) is 134 cm³/mol. The number of ether oxygens (including phenoxy) is 1. The van der Waals surface area contributed by atoms with E-state index >= 15 is 0 Å². The van der Waals surface area contributed by atoms with Gasteiger partial charge in [0.05, 0.1) is 35.4 Å². The van der Waals surface area contributed by atoms with E-state index in [4.69, 9.17) is 9.72 Å². The molecule has 7 heteroatoms. The van der Waals surface area contributed by atoms with Crippen LogP contribution in [0.5, 0.6) is 5.75 Å². The number of aromatic nitrogens is 2. The number of rotatable bonds is 5. The van der Waals surface area contributed by atoms with Gasteiger partial charge in [-0.25, -0.2) is 4.98 Å². The zero-order valence-corrected chi connectivity index (χ0v) is 19.4. The normalized spacial score (nSPS) is 15.2. The number of imidazole rings is 1. The number of hydrogen-bond donors (Lipinski definition) is 2. The number of carbonyl (C=O) groups is 1. The number of para-hydroxylation sites is 4. The molecule has 1 aromatic heterocycles. The molecule has 33 heavy (non-hydrogen) atoms. The summed E-state index contributed by atoms with van der Waals surface area (Å²) in [5.41, 5.74) is 4.89. The van der Waals surface area contributed by atoms with Crippen molar-refractivity contribution in [2.24, 2.45) is 0 Å². The van der Waals surface area contributed by atoms with E-state index < -0.39 is 0 Å². The summed E-state index contributed by atoms with van der Waals surface area (Å²) in [7, 11) is 1.59. The van der Waals surface area contributed by atoms with Gasteiger partial charge in [0.2, 0.25) is 5.95 Å². The van der Waals surface area contributed by atoms with Crippen molar-refractivity contribution in [3.8, 4) is 5.75 Å². The van der Waals surface area contributed by atoms with Crippen LogP contribution in [0, 0.1) is 0 Å². The van der Waals surface area contributed by atoms with Gasteiger partial charge in [0.15, 0.2) is 0 Å². The molecule has 6 nitrogen and oxygen atoms in total. The third-order valence-corrected chi connectivity index (χ3v) is 6.61.